The lowest BCUT2D eigenvalue weighted by atomic mass is 10.1. The average Bonchev–Trinajstić information content (AvgIpc) is 3.36. The molecule has 0 saturated heterocycles. The minimum absolute atomic E-state index is 0.0523. The van der Waals surface area contributed by atoms with Gasteiger partial charge in [0.05, 0.1) is 19.1 Å². The molecule has 29 heavy (non-hydrogen) atoms. The minimum atomic E-state index is -0.362. The number of rotatable bonds is 11. The van der Waals surface area contributed by atoms with Gasteiger partial charge >= 0.3 is 12.1 Å². The number of unbranched alkanes of at least 4 members (excludes halogenated alkanes) is 1. The number of ether oxygens (including phenoxy) is 1. The lowest BCUT2D eigenvalue weighted by molar-refractivity contribution is 0.0880. The fourth-order valence-corrected chi connectivity index (χ4v) is 4.21. The number of nitrogens with one attached hydrogen (secondary N) is 2. The highest BCUT2D eigenvalue weighted by Crippen LogP contribution is 2.18. The van der Waals surface area contributed by atoms with Crippen LogP contribution in [0.4, 0.5) is 9.59 Å². The number of carbonyl (C=O) groups is 2. The van der Waals surface area contributed by atoms with Gasteiger partial charge in [-0.1, -0.05) is 31.9 Å². The van der Waals surface area contributed by atoms with E-state index in [-0.39, 0.29) is 30.8 Å². The van der Waals surface area contributed by atoms with E-state index in [2.05, 4.69) is 17.6 Å². The summed E-state index contributed by atoms with van der Waals surface area (Å²) in [6, 6.07) is 7.60. The number of urea groups is 1. The SMILES string of the molecule is CCCC[C@H](COC(=O)N(Cc1cccs1)Cc1cccs1)NC(=O)NC(C)C. The van der Waals surface area contributed by atoms with E-state index in [1.165, 1.54) is 0 Å². The van der Waals surface area contributed by atoms with E-state index in [1.807, 2.05) is 48.9 Å². The molecule has 1 atom stereocenters. The summed E-state index contributed by atoms with van der Waals surface area (Å²) in [6.07, 6.45) is 2.38. The summed E-state index contributed by atoms with van der Waals surface area (Å²) in [5, 5.41) is 9.75. The molecule has 2 heterocycles. The quantitative estimate of drug-likeness (QED) is 0.507. The molecule has 0 fully saturated rings. The highest BCUT2D eigenvalue weighted by molar-refractivity contribution is 7.10. The molecule has 160 valence electrons. The van der Waals surface area contributed by atoms with Gasteiger partial charge < -0.3 is 15.4 Å². The molecule has 2 N–H and O–H groups in total. The Kier molecular flexibility index (Phi) is 10.0. The number of carbonyl (C=O) groups excluding carboxylic acids is 2. The Morgan fingerprint density at radius 2 is 1.69 bits per heavy atom. The standard InChI is InChI=1S/C21H31N3O3S2/c1-4-5-8-17(23-20(25)22-16(2)3)15-27-21(26)24(13-18-9-6-11-28-18)14-19-10-7-12-29-19/h6-7,9-12,16-17H,4-5,8,13-15H2,1-3H3,(H2,22,23,25)/t17-/m1/s1. The van der Waals surface area contributed by atoms with Crippen LogP contribution in [0.3, 0.4) is 0 Å². The molecule has 0 spiro atoms. The van der Waals surface area contributed by atoms with Crippen LogP contribution in [-0.2, 0) is 17.8 Å². The second kappa shape index (κ2) is 12.5. The predicted octanol–water partition coefficient (Wildman–Crippen LogP) is 5.21. The zero-order chi connectivity index (χ0) is 21.1. The van der Waals surface area contributed by atoms with E-state index in [0.29, 0.717) is 13.1 Å². The van der Waals surface area contributed by atoms with Gasteiger partial charge in [-0.25, -0.2) is 9.59 Å². The zero-order valence-electron chi connectivity index (χ0n) is 17.3. The Bertz CT molecular complexity index is 681. The summed E-state index contributed by atoms with van der Waals surface area (Å²) in [5.41, 5.74) is 0. The predicted molar refractivity (Wildman–Crippen MR) is 119 cm³/mol. The van der Waals surface area contributed by atoms with Crippen LogP contribution in [0.1, 0.15) is 49.8 Å². The van der Waals surface area contributed by atoms with Gasteiger partial charge in [0.15, 0.2) is 0 Å². The third-order valence-electron chi connectivity index (χ3n) is 4.18. The first-order valence-corrected chi connectivity index (χ1v) is 11.8. The van der Waals surface area contributed by atoms with Gasteiger partial charge in [-0.05, 0) is 43.2 Å². The fraction of sp³-hybridized carbons (Fsp3) is 0.524. The Hall–Kier alpha value is -2.06. The molecule has 0 aromatic carbocycles. The first kappa shape index (κ1) is 23.2. The van der Waals surface area contributed by atoms with Crippen molar-refractivity contribution < 1.29 is 14.3 Å². The molecule has 0 aliphatic carbocycles. The maximum Gasteiger partial charge on any atom is 0.410 e. The summed E-state index contributed by atoms with van der Waals surface area (Å²) in [5.74, 6) is 0. The monoisotopic (exact) mass is 437 g/mol. The van der Waals surface area contributed by atoms with Crippen molar-refractivity contribution in [3.63, 3.8) is 0 Å². The number of amides is 3. The van der Waals surface area contributed by atoms with Crippen LogP contribution in [-0.4, -0.2) is 35.7 Å². The van der Waals surface area contributed by atoms with Gasteiger partial charge in [-0.15, -0.1) is 22.7 Å². The molecule has 0 aliphatic heterocycles. The topological polar surface area (TPSA) is 70.7 Å². The van der Waals surface area contributed by atoms with Gasteiger partial charge in [-0.2, -0.15) is 0 Å². The molecule has 0 aliphatic rings. The van der Waals surface area contributed by atoms with E-state index in [4.69, 9.17) is 4.74 Å². The van der Waals surface area contributed by atoms with Crippen LogP contribution in [0.15, 0.2) is 35.0 Å². The molecule has 0 saturated carbocycles. The van der Waals surface area contributed by atoms with Gasteiger partial charge in [0.25, 0.3) is 0 Å². The third kappa shape index (κ3) is 8.87. The maximum atomic E-state index is 12.8. The zero-order valence-corrected chi connectivity index (χ0v) is 19.0. The van der Waals surface area contributed by atoms with Crippen molar-refractivity contribution in [3.8, 4) is 0 Å². The van der Waals surface area contributed by atoms with E-state index < -0.39 is 0 Å². The van der Waals surface area contributed by atoms with Gasteiger partial charge in [0, 0.05) is 15.8 Å². The number of hydrogen-bond donors (Lipinski definition) is 2. The molecule has 3 amide bonds. The molecule has 8 heteroatoms. The van der Waals surface area contributed by atoms with Crippen molar-refractivity contribution in [1.82, 2.24) is 15.5 Å². The molecule has 2 aromatic heterocycles. The first-order valence-electron chi connectivity index (χ1n) is 10.0. The maximum absolute atomic E-state index is 12.8. The van der Waals surface area contributed by atoms with Gasteiger partial charge in [0.1, 0.15) is 6.61 Å². The van der Waals surface area contributed by atoms with Crippen molar-refractivity contribution in [2.75, 3.05) is 6.61 Å². The van der Waals surface area contributed by atoms with E-state index in [1.54, 1.807) is 27.6 Å². The van der Waals surface area contributed by atoms with Crippen molar-refractivity contribution in [2.24, 2.45) is 0 Å². The number of hydrogen-bond acceptors (Lipinski definition) is 5. The van der Waals surface area contributed by atoms with Crippen molar-refractivity contribution in [2.45, 2.75) is 65.2 Å². The Labute approximate surface area is 181 Å². The summed E-state index contributed by atoms with van der Waals surface area (Å²) >= 11 is 3.24. The highest BCUT2D eigenvalue weighted by Gasteiger charge is 2.20. The summed E-state index contributed by atoms with van der Waals surface area (Å²) in [7, 11) is 0. The summed E-state index contributed by atoms with van der Waals surface area (Å²) in [4.78, 5) is 28.8. The minimum Gasteiger partial charge on any atom is -0.447 e. The largest absolute Gasteiger partial charge is 0.447 e. The lowest BCUT2D eigenvalue weighted by Gasteiger charge is -2.24. The molecule has 0 unspecified atom stereocenters. The lowest BCUT2D eigenvalue weighted by Crippen LogP contribution is -2.47. The van der Waals surface area contributed by atoms with Crippen LogP contribution < -0.4 is 10.6 Å². The molecule has 6 nitrogen and oxygen atoms in total. The van der Waals surface area contributed by atoms with E-state index >= 15 is 0 Å². The van der Waals surface area contributed by atoms with Crippen LogP contribution in [0, 0.1) is 0 Å². The summed E-state index contributed by atoms with van der Waals surface area (Å²) in [6.45, 7) is 7.10. The van der Waals surface area contributed by atoms with Crippen LogP contribution >= 0.6 is 22.7 Å². The molecular weight excluding hydrogens is 406 g/mol. The van der Waals surface area contributed by atoms with Gasteiger partial charge in [-0.3, -0.25) is 4.90 Å². The molecular formula is C21H31N3O3S2. The smallest absolute Gasteiger partial charge is 0.410 e. The number of thiophene rings is 2. The average molecular weight is 438 g/mol. The Balaban J connectivity index is 1.95. The molecule has 2 aromatic rings. The van der Waals surface area contributed by atoms with Crippen molar-refractivity contribution in [1.29, 1.82) is 0 Å². The number of nitrogens with zero attached hydrogens (tertiary/aromatic N) is 1. The highest BCUT2D eigenvalue weighted by atomic mass is 32.1. The van der Waals surface area contributed by atoms with Gasteiger partial charge in [0.2, 0.25) is 0 Å². The molecule has 0 bridgehead atoms. The fourth-order valence-electron chi connectivity index (χ4n) is 2.77. The molecule has 2 rings (SSSR count). The molecule has 0 radical (unpaired) electrons. The van der Waals surface area contributed by atoms with Crippen LogP contribution in [0.2, 0.25) is 0 Å². The van der Waals surface area contributed by atoms with Crippen LogP contribution in [0.25, 0.3) is 0 Å². The second-order valence-electron chi connectivity index (χ2n) is 7.20. The van der Waals surface area contributed by atoms with Crippen molar-refractivity contribution in [3.05, 3.63) is 44.8 Å². The summed E-state index contributed by atoms with van der Waals surface area (Å²) < 4.78 is 5.62. The van der Waals surface area contributed by atoms with E-state index in [9.17, 15) is 9.59 Å². The first-order chi connectivity index (χ1) is 14.0. The second-order valence-corrected chi connectivity index (χ2v) is 9.27. The van der Waals surface area contributed by atoms with E-state index in [0.717, 1.165) is 29.0 Å². The Morgan fingerprint density at radius 3 is 2.17 bits per heavy atom. The Morgan fingerprint density at radius 1 is 1.07 bits per heavy atom. The normalized spacial score (nSPS) is 11.9. The van der Waals surface area contributed by atoms with Crippen molar-refractivity contribution >= 4 is 34.8 Å². The third-order valence-corrected chi connectivity index (χ3v) is 5.90. The van der Waals surface area contributed by atoms with Crippen LogP contribution in [0.5, 0.6) is 0 Å².